The summed E-state index contributed by atoms with van der Waals surface area (Å²) in [6, 6.07) is 0.926. The van der Waals surface area contributed by atoms with Crippen molar-refractivity contribution in [1.82, 2.24) is 4.90 Å². The Kier molecular flexibility index (Phi) is 25.1. The second-order valence-corrected chi connectivity index (χ2v) is 10.3. The summed E-state index contributed by atoms with van der Waals surface area (Å²) in [5.41, 5.74) is 0. The van der Waals surface area contributed by atoms with E-state index in [-0.39, 0.29) is 12.4 Å². The first-order valence-corrected chi connectivity index (χ1v) is 14.6. The van der Waals surface area contributed by atoms with Crippen LogP contribution in [0, 0.1) is 0 Å². The fourth-order valence-corrected chi connectivity index (χ4v) is 5.44. The highest BCUT2D eigenvalue weighted by Crippen LogP contribution is 2.23. The van der Waals surface area contributed by atoms with Gasteiger partial charge in [0.15, 0.2) is 0 Å². The second-order valence-electron chi connectivity index (χ2n) is 10.3. The first kappa shape index (κ1) is 31.2. The molecule has 1 aliphatic rings. The zero-order chi connectivity index (χ0) is 21.5. The van der Waals surface area contributed by atoms with Crippen LogP contribution >= 0.6 is 12.4 Å². The van der Waals surface area contributed by atoms with E-state index >= 15 is 0 Å². The fourth-order valence-electron chi connectivity index (χ4n) is 5.44. The first-order chi connectivity index (χ1) is 14.9. The highest BCUT2D eigenvalue weighted by atomic mass is 35.5. The van der Waals surface area contributed by atoms with Gasteiger partial charge in [0.25, 0.3) is 0 Å². The van der Waals surface area contributed by atoms with E-state index in [1.54, 1.807) is 0 Å². The van der Waals surface area contributed by atoms with Crippen LogP contribution in [0.1, 0.15) is 168 Å². The van der Waals surface area contributed by atoms with Gasteiger partial charge in [0.2, 0.25) is 0 Å². The van der Waals surface area contributed by atoms with Crippen molar-refractivity contribution in [3.63, 3.8) is 0 Å². The van der Waals surface area contributed by atoms with E-state index in [0.29, 0.717) is 0 Å². The molecule has 0 heterocycles. The Hall–Kier alpha value is 0.250. The molecule has 0 aromatic carbocycles. The molecule has 0 radical (unpaired) electrons. The van der Waals surface area contributed by atoms with Crippen LogP contribution in [-0.4, -0.2) is 24.0 Å². The molecule has 1 aliphatic carbocycles. The number of unbranched alkanes of at least 4 members (excludes halogenated alkanes) is 19. The van der Waals surface area contributed by atoms with Crippen molar-refractivity contribution in [2.45, 2.75) is 174 Å². The average Bonchev–Trinajstić information content (AvgIpc) is 3.29. The van der Waals surface area contributed by atoms with Gasteiger partial charge in [-0.1, -0.05) is 149 Å². The fraction of sp³-hybridized carbons (Fsp3) is 1.00. The van der Waals surface area contributed by atoms with E-state index < -0.39 is 0 Å². The third-order valence-electron chi connectivity index (χ3n) is 7.55. The summed E-state index contributed by atoms with van der Waals surface area (Å²) >= 11 is 0. The third-order valence-corrected chi connectivity index (χ3v) is 7.55. The molecule has 0 aromatic heterocycles. The van der Waals surface area contributed by atoms with Gasteiger partial charge in [-0.2, -0.15) is 0 Å². The number of hydrogen-bond acceptors (Lipinski definition) is 1. The minimum absolute atomic E-state index is 0. The summed E-state index contributed by atoms with van der Waals surface area (Å²) in [5.74, 6) is 0. The molecule has 0 atom stereocenters. The standard InChI is InChI=1S/C29H59N.ClH/c1-3-5-6-7-8-9-10-11-12-13-14-15-16-17-18-19-20-21-22-25-28-30(4-2)29-26-23-24-27-29;/h29H,3-28H2,1-2H3;1H. The Labute approximate surface area is 204 Å². The smallest absolute Gasteiger partial charge is 0.00951 e. The topological polar surface area (TPSA) is 3.24 Å². The molecule has 31 heavy (non-hydrogen) atoms. The van der Waals surface area contributed by atoms with Crippen LogP contribution in [0.15, 0.2) is 0 Å². The lowest BCUT2D eigenvalue weighted by molar-refractivity contribution is 0.204. The van der Waals surface area contributed by atoms with Gasteiger partial charge in [-0.25, -0.2) is 0 Å². The maximum absolute atomic E-state index is 2.77. The zero-order valence-electron chi connectivity index (χ0n) is 21.8. The van der Waals surface area contributed by atoms with Gasteiger partial charge < -0.3 is 4.90 Å². The number of nitrogens with zero attached hydrogens (tertiary/aromatic N) is 1. The van der Waals surface area contributed by atoms with Gasteiger partial charge in [0.1, 0.15) is 0 Å². The van der Waals surface area contributed by atoms with E-state index in [4.69, 9.17) is 0 Å². The van der Waals surface area contributed by atoms with E-state index in [1.165, 1.54) is 167 Å². The summed E-state index contributed by atoms with van der Waals surface area (Å²) in [5, 5.41) is 0. The molecule has 0 saturated heterocycles. The largest absolute Gasteiger partial charge is 0.301 e. The van der Waals surface area contributed by atoms with Crippen molar-refractivity contribution in [3.05, 3.63) is 0 Å². The molecule has 1 nitrogen and oxygen atoms in total. The average molecular weight is 458 g/mol. The summed E-state index contributed by atoms with van der Waals surface area (Å²) in [7, 11) is 0. The summed E-state index contributed by atoms with van der Waals surface area (Å²) < 4.78 is 0. The molecule has 188 valence electrons. The summed E-state index contributed by atoms with van der Waals surface area (Å²) in [6.07, 6.45) is 35.4. The lowest BCUT2D eigenvalue weighted by Crippen LogP contribution is -2.33. The molecular formula is C29H60ClN. The summed E-state index contributed by atoms with van der Waals surface area (Å²) in [4.78, 5) is 2.77. The predicted octanol–water partition coefficient (Wildman–Crippen LogP) is 10.5. The lowest BCUT2D eigenvalue weighted by atomic mass is 10.0. The Morgan fingerprint density at radius 3 is 1.13 bits per heavy atom. The minimum Gasteiger partial charge on any atom is -0.301 e. The lowest BCUT2D eigenvalue weighted by Gasteiger charge is -2.27. The SMILES string of the molecule is CCCCCCCCCCCCCCCCCCCCCCN(CC)C1CCCC1.Cl. The molecule has 1 saturated carbocycles. The monoisotopic (exact) mass is 457 g/mol. The predicted molar refractivity (Wildman–Crippen MR) is 145 cm³/mol. The van der Waals surface area contributed by atoms with Gasteiger partial charge in [0, 0.05) is 6.04 Å². The van der Waals surface area contributed by atoms with Crippen LogP contribution in [-0.2, 0) is 0 Å². The number of hydrogen-bond donors (Lipinski definition) is 0. The van der Waals surface area contributed by atoms with Crippen molar-refractivity contribution >= 4 is 12.4 Å². The maximum atomic E-state index is 2.77. The van der Waals surface area contributed by atoms with Gasteiger partial charge >= 0.3 is 0 Å². The highest BCUT2D eigenvalue weighted by Gasteiger charge is 2.20. The Morgan fingerprint density at radius 1 is 0.484 bits per heavy atom. The van der Waals surface area contributed by atoms with Crippen molar-refractivity contribution in [1.29, 1.82) is 0 Å². The van der Waals surface area contributed by atoms with Gasteiger partial charge in [-0.15, -0.1) is 12.4 Å². The molecule has 2 heteroatoms. The van der Waals surface area contributed by atoms with E-state index in [2.05, 4.69) is 18.7 Å². The molecule has 1 rings (SSSR count). The maximum Gasteiger partial charge on any atom is 0.00951 e. The van der Waals surface area contributed by atoms with E-state index in [1.807, 2.05) is 0 Å². The van der Waals surface area contributed by atoms with Crippen LogP contribution in [0.2, 0.25) is 0 Å². The molecule has 0 unspecified atom stereocenters. The molecule has 0 amide bonds. The summed E-state index contributed by atoms with van der Waals surface area (Å²) in [6.45, 7) is 7.29. The number of halogens is 1. The van der Waals surface area contributed by atoms with Crippen LogP contribution in [0.5, 0.6) is 0 Å². The molecule has 1 fully saturated rings. The van der Waals surface area contributed by atoms with Gasteiger partial charge in [0.05, 0.1) is 0 Å². The Balaban J connectivity index is 0.00000900. The Morgan fingerprint density at radius 2 is 0.806 bits per heavy atom. The normalized spacial score (nSPS) is 14.4. The van der Waals surface area contributed by atoms with Gasteiger partial charge in [-0.05, 0) is 32.4 Å². The third kappa shape index (κ3) is 19.4. The van der Waals surface area contributed by atoms with Crippen LogP contribution in [0.25, 0.3) is 0 Å². The number of rotatable bonds is 23. The molecular weight excluding hydrogens is 398 g/mol. The zero-order valence-corrected chi connectivity index (χ0v) is 22.6. The van der Waals surface area contributed by atoms with Crippen LogP contribution in [0.3, 0.4) is 0 Å². The van der Waals surface area contributed by atoms with Crippen LogP contribution < -0.4 is 0 Å². The quantitative estimate of drug-likeness (QED) is 0.138. The first-order valence-electron chi connectivity index (χ1n) is 14.6. The molecule has 0 bridgehead atoms. The molecule has 0 aliphatic heterocycles. The van der Waals surface area contributed by atoms with E-state index in [9.17, 15) is 0 Å². The van der Waals surface area contributed by atoms with Crippen LogP contribution in [0.4, 0.5) is 0 Å². The van der Waals surface area contributed by atoms with E-state index in [0.717, 1.165) is 6.04 Å². The van der Waals surface area contributed by atoms with Crippen molar-refractivity contribution in [3.8, 4) is 0 Å². The molecule has 0 spiro atoms. The van der Waals surface area contributed by atoms with Crippen molar-refractivity contribution < 1.29 is 0 Å². The molecule has 0 aromatic rings. The van der Waals surface area contributed by atoms with Crippen molar-refractivity contribution in [2.75, 3.05) is 13.1 Å². The second kappa shape index (κ2) is 24.9. The highest BCUT2D eigenvalue weighted by molar-refractivity contribution is 5.85. The minimum atomic E-state index is 0. The molecule has 0 N–H and O–H groups in total. The van der Waals surface area contributed by atoms with Crippen molar-refractivity contribution in [2.24, 2.45) is 0 Å². The Bertz CT molecular complexity index is 327. The van der Waals surface area contributed by atoms with Gasteiger partial charge in [-0.3, -0.25) is 0 Å².